The van der Waals surface area contributed by atoms with E-state index in [0.29, 0.717) is 17.7 Å². The molecule has 0 aromatic heterocycles. The second kappa shape index (κ2) is 9.57. The number of para-hydroxylation sites is 1. The summed E-state index contributed by atoms with van der Waals surface area (Å²) in [6.07, 6.45) is 0.564. The Morgan fingerprint density at radius 3 is 2.39 bits per heavy atom. The lowest BCUT2D eigenvalue weighted by Gasteiger charge is -2.10. The molecule has 6 nitrogen and oxygen atoms in total. The molecule has 0 amide bonds. The Labute approximate surface area is 172 Å². The van der Waals surface area contributed by atoms with Crippen LogP contribution in [0.15, 0.2) is 36.4 Å². The highest BCUT2D eigenvalue weighted by atomic mass is 35.5. The van der Waals surface area contributed by atoms with Gasteiger partial charge in [0.2, 0.25) is 0 Å². The topological polar surface area (TPSA) is 89.9 Å². The van der Waals surface area contributed by atoms with Gasteiger partial charge in [-0.2, -0.15) is 0 Å². The number of carboxylic acid groups (broad SMARTS) is 1. The second-order valence-corrected chi connectivity index (χ2v) is 6.85. The predicted molar refractivity (Wildman–Crippen MR) is 105 cm³/mol. The van der Waals surface area contributed by atoms with E-state index < -0.39 is 12.6 Å². The van der Waals surface area contributed by atoms with Gasteiger partial charge in [0, 0.05) is 18.4 Å². The van der Waals surface area contributed by atoms with Gasteiger partial charge in [-0.15, -0.1) is 0 Å². The number of fused-ring (bicyclic) bond motifs is 1. The van der Waals surface area contributed by atoms with Gasteiger partial charge >= 0.3 is 11.9 Å². The Morgan fingerprint density at radius 1 is 1.18 bits per heavy atom. The van der Waals surface area contributed by atoms with Crippen LogP contribution in [0.4, 0.5) is 0 Å². The molecule has 148 valence electrons. The number of carboxylic acids is 1. The molecule has 1 aliphatic carbocycles. The standard InChI is InChI=1S/C12H10Cl2O4.C8H8O2/c1-5-2-6-3-7(18-4-8(15)16)10(13)11(14)9(6)12(5)17;1-7(9)10-8-5-3-2-4-6-8/h3,5H,2,4H2,1H3,(H,15,16);2-6H,1H3. The molecule has 1 aliphatic rings. The van der Waals surface area contributed by atoms with Crippen LogP contribution in [0.2, 0.25) is 10.0 Å². The average Bonchev–Trinajstić information content (AvgIpc) is 2.92. The number of esters is 1. The van der Waals surface area contributed by atoms with Crippen molar-refractivity contribution in [3.8, 4) is 11.5 Å². The third kappa shape index (κ3) is 5.47. The summed E-state index contributed by atoms with van der Waals surface area (Å²) in [5.41, 5.74) is 1.18. The molecule has 2 aromatic rings. The molecule has 0 fully saturated rings. The van der Waals surface area contributed by atoms with E-state index in [0.717, 1.165) is 5.56 Å². The molecule has 0 saturated carbocycles. The minimum atomic E-state index is -1.10. The maximum Gasteiger partial charge on any atom is 0.341 e. The first kappa shape index (κ1) is 21.7. The number of rotatable bonds is 4. The first-order valence-electron chi connectivity index (χ1n) is 8.33. The Morgan fingerprint density at radius 2 is 1.82 bits per heavy atom. The van der Waals surface area contributed by atoms with Crippen LogP contribution in [-0.2, 0) is 16.0 Å². The zero-order valence-corrected chi connectivity index (χ0v) is 16.7. The number of halogens is 2. The van der Waals surface area contributed by atoms with Gasteiger partial charge in [0.05, 0.1) is 5.02 Å². The molecule has 3 rings (SSSR count). The van der Waals surface area contributed by atoms with Gasteiger partial charge in [-0.25, -0.2) is 4.79 Å². The molecule has 28 heavy (non-hydrogen) atoms. The molecule has 0 radical (unpaired) electrons. The van der Waals surface area contributed by atoms with E-state index in [-0.39, 0.29) is 33.5 Å². The lowest BCUT2D eigenvalue weighted by Crippen LogP contribution is -2.10. The molecule has 1 N–H and O–H groups in total. The molecule has 0 saturated heterocycles. The third-order valence-corrected chi connectivity index (χ3v) is 4.68. The number of carbonyl (C=O) groups excluding carboxylic acids is 2. The summed E-state index contributed by atoms with van der Waals surface area (Å²) in [6, 6.07) is 10.6. The number of hydrogen-bond donors (Lipinski definition) is 1. The zero-order valence-electron chi connectivity index (χ0n) is 15.2. The lowest BCUT2D eigenvalue weighted by molar-refractivity contribution is -0.139. The predicted octanol–water partition coefficient (Wildman–Crippen LogP) is 4.44. The second-order valence-electron chi connectivity index (χ2n) is 6.10. The number of aliphatic carboxylic acids is 1. The monoisotopic (exact) mass is 424 g/mol. The molecule has 1 unspecified atom stereocenters. The number of benzene rings is 2. The van der Waals surface area contributed by atoms with E-state index in [1.165, 1.54) is 6.92 Å². The largest absolute Gasteiger partial charge is 0.480 e. The third-order valence-electron chi connectivity index (χ3n) is 3.83. The van der Waals surface area contributed by atoms with Gasteiger partial charge in [0.25, 0.3) is 0 Å². The van der Waals surface area contributed by atoms with Gasteiger partial charge in [-0.3, -0.25) is 9.59 Å². The van der Waals surface area contributed by atoms with Crippen molar-refractivity contribution in [2.45, 2.75) is 20.3 Å². The molecular formula is C20H18Cl2O6. The minimum Gasteiger partial charge on any atom is -0.480 e. The van der Waals surface area contributed by atoms with Crippen molar-refractivity contribution in [2.75, 3.05) is 6.61 Å². The van der Waals surface area contributed by atoms with Crippen LogP contribution in [0.1, 0.15) is 29.8 Å². The highest BCUT2D eigenvalue weighted by Gasteiger charge is 2.32. The Hall–Kier alpha value is -2.57. The zero-order chi connectivity index (χ0) is 20.8. The molecule has 0 spiro atoms. The average molecular weight is 425 g/mol. The van der Waals surface area contributed by atoms with E-state index in [1.54, 1.807) is 18.2 Å². The van der Waals surface area contributed by atoms with Crippen molar-refractivity contribution in [3.63, 3.8) is 0 Å². The van der Waals surface area contributed by atoms with Crippen LogP contribution in [-0.4, -0.2) is 29.4 Å². The van der Waals surface area contributed by atoms with E-state index in [9.17, 15) is 14.4 Å². The highest BCUT2D eigenvalue weighted by Crippen LogP contribution is 2.42. The summed E-state index contributed by atoms with van der Waals surface area (Å²) in [6.45, 7) is 2.69. The van der Waals surface area contributed by atoms with Crippen LogP contribution < -0.4 is 9.47 Å². The van der Waals surface area contributed by atoms with Gasteiger partial charge in [0.15, 0.2) is 12.4 Å². The number of hydrogen-bond acceptors (Lipinski definition) is 5. The fourth-order valence-corrected chi connectivity index (χ4v) is 3.16. The number of ether oxygens (including phenoxy) is 2. The first-order chi connectivity index (χ1) is 13.2. The first-order valence-corrected chi connectivity index (χ1v) is 9.09. The molecule has 0 aliphatic heterocycles. The summed E-state index contributed by atoms with van der Waals surface area (Å²) in [5, 5.41) is 8.78. The van der Waals surface area contributed by atoms with Crippen molar-refractivity contribution in [1.29, 1.82) is 0 Å². The van der Waals surface area contributed by atoms with E-state index in [4.69, 9.17) is 37.8 Å². The molecular weight excluding hydrogens is 407 g/mol. The van der Waals surface area contributed by atoms with Crippen LogP contribution in [0.25, 0.3) is 0 Å². The quantitative estimate of drug-likeness (QED) is 0.575. The lowest BCUT2D eigenvalue weighted by atomic mass is 10.1. The maximum atomic E-state index is 11.9. The van der Waals surface area contributed by atoms with E-state index in [1.807, 2.05) is 25.1 Å². The Kier molecular flexibility index (Phi) is 7.43. The normalized spacial score (nSPS) is 14.6. The van der Waals surface area contributed by atoms with Gasteiger partial charge in [0.1, 0.15) is 16.5 Å². The van der Waals surface area contributed by atoms with Crippen LogP contribution in [0.5, 0.6) is 11.5 Å². The molecule has 1 atom stereocenters. The van der Waals surface area contributed by atoms with Gasteiger partial charge in [-0.05, 0) is 30.2 Å². The summed E-state index contributed by atoms with van der Waals surface area (Å²) < 4.78 is 9.82. The Balaban J connectivity index is 0.000000237. The molecule has 2 aromatic carbocycles. The highest BCUT2D eigenvalue weighted by molar-refractivity contribution is 6.45. The summed E-state index contributed by atoms with van der Waals surface area (Å²) in [5.74, 6) is -0.775. The van der Waals surface area contributed by atoms with Gasteiger partial charge < -0.3 is 14.6 Å². The number of Topliss-reactive ketones (excluding diaryl/α,β-unsaturated/α-hetero) is 1. The van der Waals surface area contributed by atoms with E-state index in [2.05, 4.69) is 0 Å². The molecule has 0 bridgehead atoms. The number of carbonyl (C=O) groups is 3. The fraction of sp³-hybridized carbons (Fsp3) is 0.250. The van der Waals surface area contributed by atoms with Crippen molar-refractivity contribution in [1.82, 2.24) is 0 Å². The van der Waals surface area contributed by atoms with Crippen LogP contribution >= 0.6 is 23.2 Å². The summed E-state index contributed by atoms with van der Waals surface area (Å²) in [7, 11) is 0. The van der Waals surface area contributed by atoms with E-state index >= 15 is 0 Å². The minimum absolute atomic E-state index is 0.0401. The maximum absolute atomic E-state index is 11.9. The molecule has 0 heterocycles. The molecule has 8 heteroatoms. The van der Waals surface area contributed by atoms with Crippen molar-refractivity contribution in [3.05, 3.63) is 57.6 Å². The number of ketones is 1. The van der Waals surface area contributed by atoms with Crippen molar-refractivity contribution < 1.29 is 29.0 Å². The van der Waals surface area contributed by atoms with Crippen molar-refractivity contribution in [2.24, 2.45) is 5.92 Å². The SMILES string of the molecule is CC(=O)Oc1ccccc1.CC1Cc2cc(OCC(=O)O)c(Cl)c(Cl)c2C1=O. The summed E-state index contributed by atoms with van der Waals surface area (Å²) >= 11 is 12.0. The van der Waals surface area contributed by atoms with Crippen molar-refractivity contribution >= 4 is 40.9 Å². The fourth-order valence-electron chi connectivity index (χ4n) is 2.65. The van der Waals surface area contributed by atoms with Crippen LogP contribution in [0.3, 0.4) is 0 Å². The smallest absolute Gasteiger partial charge is 0.341 e. The van der Waals surface area contributed by atoms with Gasteiger partial charge in [-0.1, -0.05) is 48.3 Å². The Bertz CT molecular complexity index is 895. The summed E-state index contributed by atoms with van der Waals surface area (Å²) in [4.78, 5) is 32.7. The van der Waals surface area contributed by atoms with Crippen LogP contribution in [0, 0.1) is 5.92 Å².